The summed E-state index contributed by atoms with van der Waals surface area (Å²) in [5.41, 5.74) is 2.34. The summed E-state index contributed by atoms with van der Waals surface area (Å²) in [6, 6.07) is 13.6. The fourth-order valence-electron chi connectivity index (χ4n) is 3.04. The Balaban J connectivity index is 1.39. The van der Waals surface area contributed by atoms with Gasteiger partial charge in [0, 0.05) is 42.2 Å². The highest BCUT2D eigenvalue weighted by molar-refractivity contribution is 7.15. The Labute approximate surface area is 200 Å². The molecule has 11 heteroatoms. The number of amides is 1. The van der Waals surface area contributed by atoms with Gasteiger partial charge in [-0.3, -0.25) is 10.1 Å². The molecule has 0 spiro atoms. The van der Waals surface area contributed by atoms with Gasteiger partial charge >= 0.3 is 0 Å². The Bertz CT molecular complexity index is 1290. The second-order valence-electron chi connectivity index (χ2n) is 7.59. The Morgan fingerprint density at radius 1 is 1.00 bits per heavy atom. The van der Waals surface area contributed by atoms with Crippen LogP contribution in [0.25, 0.3) is 0 Å². The molecule has 1 amide bonds. The van der Waals surface area contributed by atoms with E-state index in [1.807, 2.05) is 43.3 Å². The van der Waals surface area contributed by atoms with Crippen LogP contribution in [0.2, 0.25) is 0 Å². The first-order chi connectivity index (χ1) is 16.3. The number of thiazole rings is 1. The third-order valence-electron chi connectivity index (χ3n) is 4.60. The van der Waals surface area contributed by atoms with Crippen molar-refractivity contribution in [1.82, 2.24) is 19.9 Å². The molecule has 0 unspecified atom stereocenters. The lowest BCUT2D eigenvalue weighted by Crippen LogP contribution is -2.13. The monoisotopic (exact) mass is 478 g/mol. The second kappa shape index (κ2) is 10.2. The van der Waals surface area contributed by atoms with Crippen molar-refractivity contribution in [3.8, 4) is 0 Å². The van der Waals surface area contributed by atoms with E-state index >= 15 is 0 Å². The molecule has 4 rings (SSSR count). The molecule has 0 atom stereocenters. The van der Waals surface area contributed by atoms with Crippen molar-refractivity contribution in [3.63, 3.8) is 0 Å². The number of carbonyl (C=O) groups excluding carboxylic acids is 1. The average molecular weight is 479 g/mol. The molecule has 4 aromatic rings. The van der Waals surface area contributed by atoms with Gasteiger partial charge in [-0.05, 0) is 49.4 Å². The molecule has 0 aliphatic heterocycles. The number of aryl methyl sites for hydroxylation is 1. The van der Waals surface area contributed by atoms with E-state index in [-0.39, 0.29) is 12.3 Å². The molecule has 0 saturated carbocycles. The number of nitrogens with zero attached hydrogens (tertiary/aromatic N) is 5. The number of hydrogen-bond donors (Lipinski definition) is 3. The predicted molar refractivity (Wildman–Crippen MR) is 133 cm³/mol. The number of carbonyl (C=O) groups is 1. The number of halogens is 1. The molecular formula is C23H23FN8OS. The van der Waals surface area contributed by atoms with E-state index in [1.165, 1.54) is 23.5 Å². The summed E-state index contributed by atoms with van der Waals surface area (Å²) in [7, 11) is 3.97. The molecule has 0 fully saturated rings. The van der Waals surface area contributed by atoms with Crippen LogP contribution < -0.4 is 20.9 Å². The van der Waals surface area contributed by atoms with Crippen molar-refractivity contribution in [1.29, 1.82) is 0 Å². The van der Waals surface area contributed by atoms with Gasteiger partial charge in [0.2, 0.25) is 17.8 Å². The fourth-order valence-corrected chi connectivity index (χ4v) is 3.84. The minimum absolute atomic E-state index is 0.113. The van der Waals surface area contributed by atoms with Crippen LogP contribution in [0.3, 0.4) is 0 Å². The minimum Gasteiger partial charge on any atom is -0.378 e. The van der Waals surface area contributed by atoms with Crippen LogP contribution in [0.4, 0.5) is 38.5 Å². The quantitative estimate of drug-likeness (QED) is 0.340. The van der Waals surface area contributed by atoms with Crippen molar-refractivity contribution < 1.29 is 9.18 Å². The number of nitrogens with one attached hydrogen (secondary N) is 3. The molecule has 0 aliphatic carbocycles. The summed E-state index contributed by atoms with van der Waals surface area (Å²) in [4.78, 5) is 32.4. The SMILES string of the molecule is Cc1nc(Nc2ccc(N(C)C)cc2)nc(Nc2ncc(CC(=O)Nc3cccc(F)c3)s2)n1. The topological polar surface area (TPSA) is 108 Å². The van der Waals surface area contributed by atoms with Gasteiger partial charge in [-0.25, -0.2) is 9.37 Å². The molecule has 2 aromatic carbocycles. The summed E-state index contributed by atoms with van der Waals surface area (Å²) in [5.74, 6) is 0.609. The predicted octanol–water partition coefficient (Wildman–Crippen LogP) is 4.51. The van der Waals surface area contributed by atoms with Crippen molar-refractivity contribution in [3.05, 3.63) is 71.2 Å². The van der Waals surface area contributed by atoms with E-state index < -0.39 is 5.82 Å². The minimum atomic E-state index is -0.408. The van der Waals surface area contributed by atoms with Gasteiger partial charge in [0.05, 0.1) is 6.42 Å². The first-order valence-corrected chi connectivity index (χ1v) is 11.2. The molecule has 2 aromatic heterocycles. The van der Waals surface area contributed by atoms with E-state index in [4.69, 9.17) is 0 Å². The van der Waals surface area contributed by atoms with Crippen LogP contribution >= 0.6 is 11.3 Å². The van der Waals surface area contributed by atoms with Crippen molar-refractivity contribution >= 4 is 51.3 Å². The van der Waals surface area contributed by atoms with Crippen LogP contribution in [0.1, 0.15) is 10.7 Å². The van der Waals surface area contributed by atoms with Gasteiger partial charge in [-0.1, -0.05) is 6.07 Å². The zero-order valence-electron chi connectivity index (χ0n) is 18.8. The van der Waals surface area contributed by atoms with Crippen LogP contribution in [0.5, 0.6) is 0 Å². The first-order valence-electron chi connectivity index (χ1n) is 10.4. The van der Waals surface area contributed by atoms with Gasteiger partial charge < -0.3 is 15.5 Å². The Morgan fingerprint density at radius 2 is 1.74 bits per heavy atom. The zero-order valence-corrected chi connectivity index (χ0v) is 19.7. The van der Waals surface area contributed by atoms with Crippen LogP contribution in [0.15, 0.2) is 54.7 Å². The third kappa shape index (κ3) is 6.23. The maximum Gasteiger partial charge on any atom is 0.234 e. The van der Waals surface area contributed by atoms with Gasteiger partial charge in [0.15, 0.2) is 5.13 Å². The summed E-state index contributed by atoms with van der Waals surface area (Å²) < 4.78 is 13.3. The molecule has 0 aliphatic rings. The van der Waals surface area contributed by atoms with Gasteiger partial charge in [0.1, 0.15) is 11.6 Å². The molecule has 9 nitrogen and oxygen atoms in total. The van der Waals surface area contributed by atoms with Crippen LogP contribution in [-0.2, 0) is 11.2 Å². The lowest BCUT2D eigenvalue weighted by Gasteiger charge is -2.13. The van der Waals surface area contributed by atoms with E-state index in [2.05, 4.69) is 35.9 Å². The molecule has 0 bridgehead atoms. The maximum atomic E-state index is 13.3. The van der Waals surface area contributed by atoms with E-state index in [9.17, 15) is 9.18 Å². The highest BCUT2D eigenvalue weighted by Crippen LogP contribution is 2.23. The zero-order chi connectivity index (χ0) is 24.1. The molecule has 0 radical (unpaired) electrons. The van der Waals surface area contributed by atoms with Crippen LogP contribution in [0, 0.1) is 12.7 Å². The lowest BCUT2D eigenvalue weighted by atomic mass is 10.2. The lowest BCUT2D eigenvalue weighted by molar-refractivity contribution is -0.115. The van der Waals surface area contributed by atoms with Crippen molar-refractivity contribution in [2.75, 3.05) is 34.9 Å². The number of aromatic nitrogens is 4. The molecule has 0 saturated heterocycles. The van der Waals surface area contributed by atoms with Crippen molar-refractivity contribution in [2.24, 2.45) is 0 Å². The Morgan fingerprint density at radius 3 is 2.44 bits per heavy atom. The largest absolute Gasteiger partial charge is 0.378 e. The van der Waals surface area contributed by atoms with E-state index in [0.29, 0.717) is 28.5 Å². The highest BCUT2D eigenvalue weighted by Gasteiger charge is 2.11. The Hall–Kier alpha value is -4.12. The fraction of sp³-hybridized carbons (Fsp3) is 0.174. The molecular weight excluding hydrogens is 455 g/mol. The molecule has 34 heavy (non-hydrogen) atoms. The normalized spacial score (nSPS) is 10.6. The first kappa shape index (κ1) is 23.1. The van der Waals surface area contributed by atoms with E-state index in [1.54, 1.807) is 25.3 Å². The smallest absolute Gasteiger partial charge is 0.234 e. The summed E-state index contributed by atoms with van der Waals surface area (Å²) in [6.07, 6.45) is 1.72. The number of benzene rings is 2. The van der Waals surface area contributed by atoms with Gasteiger partial charge in [-0.2, -0.15) is 15.0 Å². The van der Waals surface area contributed by atoms with Gasteiger partial charge in [0.25, 0.3) is 0 Å². The molecule has 174 valence electrons. The van der Waals surface area contributed by atoms with Crippen molar-refractivity contribution in [2.45, 2.75) is 13.3 Å². The van der Waals surface area contributed by atoms with Crippen LogP contribution in [-0.4, -0.2) is 39.9 Å². The third-order valence-corrected chi connectivity index (χ3v) is 5.52. The maximum absolute atomic E-state index is 13.3. The highest BCUT2D eigenvalue weighted by atomic mass is 32.1. The average Bonchev–Trinajstić information content (AvgIpc) is 3.20. The second-order valence-corrected chi connectivity index (χ2v) is 8.70. The standard InChI is InChI=1S/C23H23FN8OS/c1-14-26-21(29-16-7-9-18(10-8-16)32(2)3)30-22(27-14)31-23-25-13-19(34-23)12-20(33)28-17-6-4-5-15(24)11-17/h4-11,13H,12H2,1-3H3,(H,28,33)(H2,25,26,27,29,30,31). The van der Waals surface area contributed by atoms with Gasteiger partial charge in [-0.15, -0.1) is 11.3 Å². The molecule has 2 heterocycles. The summed E-state index contributed by atoms with van der Waals surface area (Å²) in [5, 5.41) is 9.46. The Kier molecular flexibility index (Phi) is 6.93. The number of anilines is 6. The number of hydrogen-bond acceptors (Lipinski definition) is 9. The summed E-state index contributed by atoms with van der Waals surface area (Å²) >= 11 is 1.31. The molecule has 3 N–H and O–H groups in total. The van der Waals surface area contributed by atoms with E-state index in [0.717, 1.165) is 16.3 Å². The summed E-state index contributed by atoms with van der Waals surface area (Å²) in [6.45, 7) is 1.78. The number of rotatable bonds is 8.